The monoisotopic (exact) mass is 236 g/mol. The smallest absolute Gasteiger partial charge is 0.396 e. The summed E-state index contributed by atoms with van der Waals surface area (Å²) in [6, 6.07) is 0. The minimum Gasteiger partial charge on any atom is -0.396 e. The van der Waals surface area contributed by atoms with E-state index in [9.17, 15) is 18.0 Å². The summed E-state index contributed by atoms with van der Waals surface area (Å²) in [6.45, 7) is -1.27. The molecule has 1 rings (SSSR count). The van der Waals surface area contributed by atoms with Gasteiger partial charge in [0.1, 0.15) is 6.54 Å². The van der Waals surface area contributed by atoms with Crippen molar-refractivity contribution in [3.8, 4) is 0 Å². The number of rotatable bonds is 2. The summed E-state index contributed by atoms with van der Waals surface area (Å²) in [6.07, 6.45) is -3.40. The number of hydrogen-bond donors (Lipinski definition) is 1. The van der Waals surface area contributed by atoms with Gasteiger partial charge < -0.3 is 10.6 Å². The summed E-state index contributed by atoms with van der Waals surface area (Å²) in [5.41, 5.74) is 5.16. The van der Waals surface area contributed by atoms with Crippen LogP contribution >= 0.6 is 0 Å². The largest absolute Gasteiger partial charge is 0.408 e. The van der Waals surface area contributed by atoms with Crippen LogP contribution in [0.1, 0.15) is 10.5 Å². The van der Waals surface area contributed by atoms with Gasteiger partial charge in [-0.05, 0) is 0 Å². The number of carbonyl (C=O) groups is 1. The van der Waals surface area contributed by atoms with Crippen LogP contribution in [0.3, 0.4) is 0 Å². The molecule has 1 aromatic rings. The van der Waals surface area contributed by atoms with Gasteiger partial charge in [-0.2, -0.15) is 18.3 Å². The highest BCUT2D eigenvalue weighted by Gasteiger charge is 2.29. The molecule has 1 amide bonds. The van der Waals surface area contributed by atoms with E-state index in [0.29, 0.717) is 4.68 Å². The molecule has 0 bridgehead atoms. The number of aromatic nitrogens is 2. The maximum Gasteiger partial charge on any atom is 0.408 e. The van der Waals surface area contributed by atoms with E-state index in [4.69, 9.17) is 5.73 Å². The number of nitrogens with zero attached hydrogens (tertiary/aromatic N) is 3. The molecule has 0 aromatic carbocycles. The molecule has 2 N–H and O–H groups in total. The van der Waals surface area contributed by atoms with E-state index in [1.165, 1.54) is 19.0 Å². The molecule has 0 radical (unpaired) electrons. The lowest BCUT2D eigenvalue weighted by Crippen LogP contribution is -2.24. The molecule has 16 heavy (non-hydrogen) atoms. The Morgan fingerprint density at radius 1 is 1.56 bits per heavy atom. The maximum absolute atomic E-state index is 12.0. The molecular formula is C8H11F3N4O. The lowest BCUT2D eigenvalue weighted by Gasteiger charge is -2.08. The number of hydrogen-bond acceptors (Lipinski definition) is 3. The van der Waals surface area contributed by atoms with Crippen LogP contribution in [0.2, 0.25) is 0 Å². The van der Waals surface area contributed by atoms with E-state index in [1.807, 2.05) is 0 Å². The average molecular weight is 236 g/mol. The van der Waals surface area contributed by atoms with Gasteiger partial charge in [-0.1, -0.05) is 0 Å². The third-order valence-electron chi connectivity index (χ3n) is 1.74. The minimum absolute atomic E-state index is 0.0667. The first kappa shape index (κ1) is 12.3. The summed E-state index contributed by atoms with van der Waals surface area (Å²) >= 11 is 0. The first-order valence-electron chi connectivity index (χ1n) is 4.32. The Balaban J connectivity index is 2.95. The molecule has 0 aliphatic heterocycles. The fourth-order valence-electron chi connectivity index (χ4n) is 1.08. The number of amides is 1. The fraction of sp³-hybridized carbons (Fsp3) is 0.500. The second-order valence-corrected chi connectivity index (χ2v) is 3.45. The number of anilines is 1. The normalized spacial score (nSPS) is 11.6. The second-order valence-electron chi connectivity index (χ2n) is 3.45. The summed E-state index contributed by atoms with van der Waals surface area (Å²) in [5.74, 6) is -0.529. The third-order valence-corrected chi connectivity index (χ3v) is 1.74. The topological polar surface area (TPSA) is 64.2 Å². The minimum atomic E-state index is -4.39. The molecule has 0 saturated heterocycles. The van der Waals surface area contributed by atoms with Crippen molar-refractivity contribution in [1.82, 2.24) is 14.7 Å². The van der Waals surface area contributed by atoms with E-state index in [2.05, 4.69) is 5.10 Å². The highest BCUT2D eigenvalue weighted by molar-refractivity contribution is 5.96. The lowest BCUT2D eigenvalue weighted by molar-refractivity contribution is -0.142. The number of carbonyl (C=O) groups excluding carboxylic acids is 1. The number of nitrogen functional groups attached to an aromatic ring is 1. The van der Waals surface area contributed by atoms with Crippen LogP contribution in [0, 0.1) is 0 Å². The van der Waals surface area contributed by atoms with Gasteiger partial charge in [-0.15, -0.1) is 0 Å². The van der Waals surface area contributed by atoms with E-state index in [1.54, 1.807) is 0 Å². The molecule has 0 aliphatic rings. The van der Waals surface area contributed by atoms with Crippen LogP contribution in [-0.4, -0.2) is 40.9 Å². The van der Waals surface area contributed by atoms with Gasteiger partial charge >= 0.3 is 6.18 Å². The summed E-state index contributed by atoms with van der Waals surface area (Å²) < 4.78 is 36.7. The van der Waals surface area contributed by atoms with Gasteiger partial charge in [0, 0.05) is 20.3 Å². The Morgan fingerprint density at radius 2 is 2.12 bits per heavy atom. The van der Waals surface area contributed by atoms with Gasteiger partial charge in [0.15, 0.2) is 5.69 Å². The Kier molecular flexibility index (Phi) is 3.11. The third kappa shape index (κ3) is 2.88. The van der Waals surface area contributed by atoms with Gasteiger partial charge in [0.25, 0.3) is 5.91 Å². The first-order chi connectivity index (χ1) is 7.20. The molecule has 0 fully saturated rings. The van der Waals surface area contributed by atoms with Crippen LogP contribution in [0.4, 0.5) is 18.9 Å². The molecular weight excluding hydrogens is 225 g/mol. The average Bonchev–Trinajstić information content (AvgIpc) is 2.41. The zero-order chi connectivity index (χ0) is 12.5. The maximum atomic E-state index is 12.0. The van der Waals surface area contributed by atoms with E-state index >= 15 is 0 Å². The van der Waals surface area contributed by atoms with E-state index < -0.39 is 18.6 Å². The van der Waals surface area contributed by atoms with Crippen LogP contribution in [0.15, 0.2) is 6.20 Å². The summed E-state index contributed by atoms with van der Waals surface area (Å²) in [7, 11) is 2.93. The molecule has 1 heterocycles. The summed E-state index contributed by atoms with van der Waals surface area (Å²) in [4.78, 5) is 12.6. The molecule has 0 aliphatic carbocycles. The van der Waals surface area contributed by atoms with Crippen molar-refractivity contribution < 1.29 is 18.0 Å². The molecule has 1 aromatic heterocycles. The lowest BCUT2D eigenvalue weighted by atomic mass is 10.3. The standard InChI is InChI=1S/C8H11F3N4O/c1-14(2)7(16)6-5(12)3-15(13-6)4-8(9,10)11/h3H,4,12H2,1-2H3. The van der Waals surface area contributed by atoms with Crippen molar-refractivity contribution in [3.05, 3.63) is 11.9 Å². The second kappa shape index (κ2) is 4.03. The predicted molar refractivity (Wildman–Crippen MR) is 50.7 cm³/mol. The Hall–Kier alpha value is -1.73. The van der Waals surface area contributed by atoms with E-state index in [0.717, 1.165) is 6.20 Å². The highest BCUT2D eigenvalue weighted by atomic mass is 19.4. The molecule has 0 saturated carbocycles. The quantitative estimate of drug-likeness (QED) is 0.823. The zero-order valence-corrected chi connectivity index (χ0v) is 8.75. The van der Waals surface area contributed by atoms with Crippen LogP contribution in [0.5, 0.6) is 0 Å². The zero-order valence-electron chi connectivity index (χ0n) is 8.75. The molecule has 5 nitrogen and oxygen atoms in total. The highest BCUT2D eigenvalue weighted by Crippen LogP contribution is 2.19. The first-order valence-corrected chi connectivity index (χ1v) is 4.32. The van der Waals surface area contributed by atoms with Crippen molar-refractivity contribution >= 4 is 11.6 Å². The van der Waals surface area contributed by atoms with Crippen molar-refractivity contribution in [2.45, 2.75) is 12.7 Å². The van der Waals surface area contributed by atoms with Gasteiger partial charge in [-0.25, -0.2) is 0 Å². The van der Waals surface area contributed by atoms with Crippen molar-refractivity contribution in [1.29, 1.82) is 0 Å². The molecule has 0 spiro atoms. The fourth-order valence-corrected chi connectivity index (χ4v) is 1.08. The van der Waals surface area contributed by atoms with Crippen molar-refractivity contribution in [3.63, 3.8) is 0 Å². The number of alkyl halides is 3. The van der Waals surface area contributed by atoms with Crippen molar-refractivity contribution in [2.75, 3.05) is 19.8 Å². The Bertz CT molecular complexity index is 396. The van der Waals surface area contributed by atoms with Gasteiger partial charge in [0.05, 0.1) is 5.69 Å². The van der Waals surface area contributed by atoms with Crippen molar-refractivity contribution in [2.24, 2.45) is 0 Å². The molecule has 0 unspecified atom stereocenters. The molecule has 0 atom stereocenters. The van der Waals surface area contributed by atoms with Crippen LogP contribution in [-0.2, 0) is 6.54 Å². The summed E-state index contributed by atoms with van der Waals surface area (Å²) in [5, 5.41) is 3.50. The van der Waals surface area contributed by atoms with Gasteiger partial charge in [-0.3, -0.25) is 9.48 Å². The number of nitrogens with two attached hydrogens (primary N) is 1. The van der Waals surface area contributed by atoms with Gasteiger partial charge in [0.2, 0.25) is 0 Å². The predicted octanol–water partition coefficient (Wildman–Crippen LogP) is 0.729. The molecule has 90 valence electrons. The van der Waals surface area contributed by atoms with E-state index in [-0.39, 0.29) is 11.4 Å². The van der Waals surface area contributed by atoms with Crippen LogP contribution < -0.4 is 5.73 Å². The Morgan fingerprint density at radius 3 is 2.56 bits per heavy atom. The number of halogens is 3. The Labute approximate surface area is 89.6 Å². The van der Waals surface area contributed by atoms with Crippen LogP contribution in [0.25, 0.3) is 0 Å². The molecule has 8 heteroatoms. The SMILES string of the molecule is CN(C)C(=O)c1nn(CC(F)(F)F)cc1N.